The van der Waals surface area contributed by atoms with E-state index in [1.165, 1.54) is 0 Å². The number of aryl methyl sites for hydroxylation is 2. The zero-order valence-electron chi connectivity index (χ0n) is 16.3. The second kappa shape index (κ2) is 9.89. The van der Waals surface area contributed by atoms with Gasteiger partial charge in [0.15, 0.2) is 6.61 Å². The molecule has 3 rings (SSSR count). The summed E-state index contributed by atoms with van der Waals surface area (Å²) in [5, 5.41) is 2.77. The van der Waals surface area contributed by atoms with E-state index >= 15 is 0 Å². The first kappa shape index (κ1) is 19.9. The fourth-order valence-electron chi connectivity index (χ4n) is 2.80. The van der Waals surface area contributed by atoms with Crippen LogP contribution in [-0.2, 0) is 9.53 Å². The summed E-state index contributed by atoms with van der Waals surface area (Å²) in [4.78, 5) is 22.8. The molecular weight excluding hydrogens is 360 g/mol. The second-order valence-electron chi connectivity index (χ2n) is 6.51. The van der Waals surface area contributed by atoms with Gasteiger partial charge in [-0.2, -0.15) is 4.98 Å². The van der Waals surface area contributed by atoms with E-state index < -0.39 is 0 Å². The molecule has 1 fully saturated rings. The van der Waals surface area contributed by atoms with Crippen LogP contribution in [0.4, 0.5) is 5.82 Å². The number of ether oxygens (including phenoxy) is 3. The minimum Gasteiger partial charge on any atom is -0.484 e. The van der Waals surface area contributed by atoms with Gasteiger partial charge in [-0.1, -0.05) is 12.1 Å². The quantitative estimate of drug-likeness (QED) is 0.688. The van der Waals surface area contributed by atoms with Crippen molar-refractivity contribution in [3.05, 3.63) is 41.7 Å². The first-order valence-electron chi connectivity index (χ1n) is 9.37. The molecule has 1 saturated heterocycles. The van der Waals surface area contributed by atoms with Gasteiger partial charge in [-0.25, -0.2) is 4.98 Å². The van der Waals surface area contributed by atoms with Crippen molar-refractivity contribution in [2.75, 3.05) is 51.0 Å². The van der Waals surface area contributed by atoms with Crippen LogP contribution in [0.2, 0.25) is 0 Å². The first-order chi connectivity index (χ1) is 13.6. The molecule has 0 radical (unpaired) electrons. The van der Waals surface area contributed by atoms with Gasteiger partial charge in [0.1, 0.15) is 24.0 Å². The van der Waals surface area contributed by atoms with Gasteiger partial charge in [0.05, 0.1) is 19.8 Å². The highest BCUT2D eigenvalue weighted by atomic mass is 16.5. The lowest BCUT2D eigenvalue weighted by Gasteiger charge is -2.28. The number of carbonyl (C=O) groups excluding carboxylic acids is 1. The molecular formula is C20H26N4O4. The maximum atomic E-state index is 11.9. The summed E-state index contributed by atoms with van der Waals surface area (Å²) in [7, 11) is 0. The molecule has 1 N–H and O–H groups in total. The minimum atomic E-state index is -0.196. The van der Waals surface area contributed by atoms with Crippen LogP contribution in [0.15, 0.2) is 30.3 Å². The lowest BCUT2D eigenvalue weighted by molar-refractivity contribution is -0.123. The predicted octanol–water partition coefficient (Wildman–Crippen LogP) is 1.50. The van der Waals surface area contributed by atoms with Crippen molar-refractivity contribution < 1.29 is 19.0 Å². The zero-order valence-corrected chi connectivity index (χ0v) is 16.3. The maximum Gasteiger partial charge on any atom is 0.258 e. The Bertz CT molecular complexity index is 794. The normalized spacial score (nSPS) is 13.9. The Balaban J connectivity index is 1.41. The molecule has 1 amide bonds. The molecule has 1 aliphatic rings. The number of nitrogens with one attached hydrogen (secondary N) is 1. The molecule has 1 aromatic heterocycles. The molecule has 1 aromatic carbocycles. The lowest BCUT2D eigenvalue weighted by atomic mass is 10.2. The Labute approximate surface area is 164 Å². The van der Waals surface area contributed by atoms with Crippen molar-refractivity contribution in [1.82, 2.24) is 15.3 Å². The number of anilines is 1. The summed E-state index contributed by atoms with van der Waals surface area (Å²) in [5.74, 6) is 2.46. The number of carbonyl (C=O) groups is 1. The molecule has 28 heavy (non-hydrogen) atoms. The maximum absolute atomic E-state index is 11.9. The SMILES string of the molecule is Cc1cccc(OCC(=O)NCCOc2cc(N3CCOCC3)nc(C)n2)c1. The number of hydrogen-bond acceptors (Lipinski definition) is 7. The van der Waals surface area contributed by atoms with Gasteiger partial charge in [-0.3, -0.25) is 4.79 Å². The van der Waals surface area contributed by atoms with Crippen LogP contribution in [0.1, 0.15) is 11.4 Å². The molecule has 8 heteroatoms. The molecule has 0 saturated carbocycles. The van der Waals surface area contributed by atoms with Gasteiger partial charge in [-0.15, -0.1) is 0 Å². The summed E-state index contributed by atoms with van der Waals surface area (Å²) < 4.78 is 16.5. The van der Waals surface area contributed by atoms with Crippen LogP contribution in [-0.4, -0.2) is 61.9 Å². The van der Waals surface area contributed by atoms with Crippen molar-refractivity contribution in [3.8, 4) is 11.6 Å². The summed E-state index contributed by atoms with van der Waals surface area (Å²) in [6.07, 6.45) is 0. The third kappa shape index (κ3) is 6.09. The topological polar surface area (TPSA) is 85.8 Å². The third-order valence-corrected chi connectivity index (χ3v) is 4.17. The van der Waals surface area contributed by atoms with E-state index in [0.717, 1.165) is 24.5 Å². The highest BCUT2D eigenvalue weighted by Gasteiger charge is 2.14. The van der Waals surface area contributed by atoms with Crippen LogP contribution in [0.3, 0.4) is 0 Å². The lowest BCUT2D eigenvalue weighted by Crippen LogP contribution is -2.37. The Morgan fingerprint density at radius 2 is 2.00 bits per heavy atom. The largest absolute Gasteiger partial charge is 0.484 e. The summed E-state index contributed by atoms with van der Waals surface area (Å²) in [6.45, 7) is 7.44. The highest BCUT2D eigenvalue weighted by molar-refractivity contribution is 5.77. The molecule has 1 aliphatic heterocycles. The Morgan fingerprint density at radius 1 is 1.18 bits per heavy atom. The van der Waals surface area contributed by atoms with Crippen LogP contribution in [0, 0.1) is 13.8 Å². The summed E-state index contributed by atoms with van der Waals surface area (Å²) in [5.41, 5.74) is 1.09. The standard InChI is InChI=1S/C20H26N4O4/c1-15-4-3-5-17(12-15)28-14-19(25)21-6-9-27-20-13-18(22-16(2)23-20)24-7-10-26-11-8-24/h3-5,12-13H,6-11,14H2,1-2H3,(H,21,25). The van der Waals surface area contributed by atoms with Crippen LogP contribution in [0.5, 0.6) is 11.6 Å². The van der Waals surface area contributed by atoms with E-state index in [9.17, 15) is 4.79 Å². The van der Waals surface area contributed by atoms with Gasteiger partial charge in [-0.05, 0) is 31.5 Å². The molecule has 0 aliphatic carbocycles. The fraction of sp³-hybridized carbons (Fsp3) is 0.450. The first-order valence-corrected chi connectivity index (χ1v) is 9.37. The highest BCUT2D eigenvalue weighted by Crippen LogP contribution is 2.18. The Kier molecular flexibility index (Phi) is 7.02. The smallest absolute Gasteiger partial charge is 0.258 e. The van der Waals surface area contributed by atoms with E-state index in [2.05, 4.69) is 20.2 Å². The van der Waals surface area contributed by atoms with Gasteiger partial charge < -0.3 is 24.4 Å². The molecule has 0 unspecified atom stereocenters. The van der Waals surface area contributed by atoms with Crippen LogP contribution >= 0.6 is 0 Å². The Hall–Kier alpha value is -2.87. The third-order valence-electron chi connectivity index (χ3n) is 4.17. The number of morpholine rings is 1. The van der Waals surface area contributed by atoms with Crippen molar-refractivity contribution in [2.45, 2.75) is 13.8 Å². The van der Waals surface area contributed by atoms with Gasteiger partial charge in [0, 0.05) is 19.2 Å². The van der Waals surface area contributed by atoms with Gasteiger partial charge in [0.25, 0.3) is 5.91 Å². The summed E-state index contributed by atoms with van der Waals surface area (Å²) in [6, 6.07) is 9.41. The molecule has 2 aromatic rings. The van der Waals surface area contributed by atoms with Crippen LogP contribution < -0.4 is 19.7 Å². The molecule has 150 valence electrons. The van der Waals surface area contributed by atoms with E-state index in [0.29, 0.717) is 43.8 Å². The number of aromatic nitrogens is 2. The Morgan fingerprint density at radius 3 is 2.79 bits per heavy atom. The number of amides is 1. The predicted molar refractivity (Wildman–Crippen MR) is 105 cm³/mol. The number of rotatable bonds is 8. The average molecular weight is 386 g/mol. The van der Waals surface area contributed by atoms with Gasteiger partial charge in [0.2, 0.25) is 5.88 Å². The monoisotopic (exact) mass is 386 g/mol. The average Bonchev–Trinajstić information content (AvgIpc) is 2.70. The van der Waals surface area contributed by atoms with E-state index in [4.69, 9.17) is 14.2 Å². The molecule has 0 spiro atoms. The van der Waals surface area contributed by atoms with Gasteiger partial charge >= 0.3 is 0 Å². The van der Waals surface area contributed by atoms with Crippen molar-refractivity contribution in [2.24, 2.45) is 0 Å². The van der Waals surface area contributed by atoms with E-state index in [-0.39, 0.29) is 12.5 Å². The zero-order chi connectivity index (χ0) is 19.8. The minimum absolute atomic E-state index is 0.0305. The molecule has 2 heterocycles. The van der Waals surface area contributed by atoms with Crippen molar-refractivity contribution in [3.63, 3.8) is 0 Å². The fourth-order valence-corrected chi connectivity index (χ4v) is 2.80. The molecule has 8 nitrogen and oxygen atoms in total. The molecule has 0 bridgehead atoms. The van der Waals surface area contributed by atoms with Crippen molar-refractivity contribution >= 4 is 11.7 Å². The second-order valence-corrected chi connectivity index (χ2v) is 6.51. The number of nitrogens with zero attached hydrogens (tertiary/aromatic N) is 3. The molecule has 0 atom stereocenters. The number of hydrogen-bond donors (Lipinski definition) is 1. The van der Waals surface area contributed by atoms with Crippen LogP contribution in [0.25, 0.3) is 0 Å². The number of benzene rings is 1. The van der Waals surface area contributed by atoms with Crippen molar-refractivity contribution in [1.29, 1.82) is 0 Å². The van der Waals surface area contributed by atoms with E-state index in [1.807, 2.05) is 44.2 Å². The summed E-state index contributed by atoms with van der Waals surface area (Å²) >= 11 is 0. The van der Waals surface area contributed by atoms with E-state index in [1.54, 1.807) is 0 Å².